The summed E-state index contributed by atoms with van der Waals surface area (Å²) in [7, 11) is 1.77. The number of aliphatic hydroxyl groups excluding tert-OH is 2. The molecule has 0 bridgehead atoms. The molecule has 0 unspecified atom stereocenters. The van der Waals surface area contributed by atoms with Crippen molar-refractivity contribution in [1.82, 2.24) is 20.6 Å². The van der Waals surface area contributed by atoms with Crippen molar-refractivity contribution in [1.29, 1.82) is 0 Å². The van der Waals surface area contributed by atoms with Gasteiger partial charge in [-0.2, -0.15) is 0 Å². The van der Waals surface area contributed by atoms with E-state index in [1.54, 1.807) is 14.0 Å². The summed E-state index contributed by atoms with van der Waals surface area (Å²) < 4.78 is 0. The van der Waals surface area contributed by atoms with E-state index < -0.39 is 36.1 Å². The molecule has 0 aliphatic carbocycles. The molecule has 0 saturated carbocycles. The van der Waals surface area contributed by atoms with Crippen LogP contribution in [0.15, 0.2) is 66.2 Å². The Morgan fingerprint density at radius 3 is 2.59 bits per heavy atom. The minimum atomic E-state index is -1.93. The zero-order valence-corrected chi connectivity index (χ0v) is 22.6. The van der Waals surface area contributed by atoms with Crippen LogP contribution in [0.4, 0.5) is 10.8 Å². The summed E-state index contributed by atoms with van der Waals surface area (Å²) >= 11 is 1.42. The van der Waals surface area contributed by atoms with Crippen LogP contribution in [0, 0.1) is 0 Å². The Hall–Kier alpha value is -3.77. The number of thiazole rings is 1. The van der Waals surface area contributed by atoms with E-state index >= 15 is 0 Å². The third-order valence-electron chi connectivity index (χ3n) is 7.07. The summed E-state index contributed by atoms with van der Waals surface area (Å²) in [5.74, 6) is -1.55. The van der Waals surface area contributed by atoms with Crippen molar-refractivity contribution in [2.75, 3.05) is 30.5 Å². The van der Waals surface area contributed by atoms with Crippen molar-refractivity contribution in [3.63, 3.8) is 0 Å². The van der Waals surface area contributed by atoms with E-state index in [1.807, 2.05) is 71.2 Å². The Morgan fingerprint density at radius 2 is 1.90 bits per heavy atom. The molecule has 2 aromatic carbocycles. The van der Waals surface area contributed by atoms with Crippen LogP contribution in [0.5, 0.6) is 0 Å². The molecule has 3 heterocycles. The summed E-state index contributed by atoms with van der Waals surface area (Å²) in [4.78, 5) is 32.5. The number of carbonyl (C=O) groups is 2. The van der Waals surface area contributed by atoms with Crippen LogP contribution in [0.1, 0.15) is 41.4 Å². The first-order valence-electron chi connectivity index (χ1n) is 12.8. The first-order valence-corrected chi connectivity index (χ1v) is 13.7. The molecule has 5 rings (SSSR count). The lowest BCUT2D eigenvalue weighted by atomic mass is 9.90. The van der Waals surface area contributed by atoms with Gasteiger partial charge in [0.2, 0.25) is 0 Å². The molecular weight excluding hydrogens is 516 g/mol. The number of nitrogens with zero attached hydrogens (tertiary/aromatic N) is 3. The minimum Gasteiger partial charge on any atom is -0.380 e. The van der Waals surface area contributed by atoms with E-state index in [0.717, 1.165) is 28.9 Å². The molecule has 2 aliphatic heterocycles. The molecule has 3 aromatic rings. The van der Waals surface area contributed by atoms with E-state index in [-0.39, 0.29) is 0 Å². The molecular formula is C28H32N6O4S. The minimum absolute atomic E-state index is 0.322. The Morgan fingerprint density at radius 1 is 1.13 bits per heavy atom. The molecule has 0 fully saturated rings. The maximum Gasteiger partial charge on any atom is 0.255 e. The van der Waals surface area contributed by atoms with Crippen LogP contribution in [0.2, 0.25) is 0 Å². The molecule has 11 heteroatoms. The fraction of sp³-hybridized carbons (Fsp3) is 0.321. The Labute approximate surface area is 230 Å². The predicted octanol–water partition coefficient (Wildman–Crippen LogP) is 2.10. The van der Waals surface area contributed by atoms with Crippen molar-refractivity contribution in [3.05, 3.63) is 88.6 Å². The number of hydrazine groups is 1. The number of carbonyl (C=O) groups excluding carboxylic acids is 2. The van der Waals surface area contributed by atoms with Gasteiger partial charge in [0.05, 0.1) is 17.4 Å². The third-order valence-corrected chi connectivity index (χ3v) is 7.95. The van der Waals surface area contributed by atoms with E-state index in [9.17, 15) is 19.8 Å². The van der Waals surface area contributed by atoms with Crippen LogP contribution in [-0.2, 0) is 16.0 Å². The maximum absolute atomic E-state index is 13.5. The van der Waals surface area contributed by atoms with Gasteiger partial charge in [0.1, 0.15) is 6.04 Å². The van der Waals surface area contributed by atoms with Crippen LogP contribution in [0.25, 0.3) is 0 Å². The van der Waals surface area contributed by atoms with Gasteiger partial charge in [0, 0.05) is 31.7 Å². The summed E-state index contributed by atoms with van der Waals surface area (Å²) in [5, 5.41) is 31.8. The number of hydrogen-bond donors (Lipinski definition) is 5. The van der Waals surface area contributed by atoms with Gasteiger partial charge in [-0.15, -0.1) is 11.3 Å². The number of hydrogen-bond acceptors (Lipinski definition) is 9. The highest BCUT2D eigenvalue weighted by Gasteiger charge is 2.40. The zero-order valence-electron chi connectivity index (χ0n) is 21.7. The van der Waals surface area contributed by atoms with E-state index in [4.69, 9.17) is 0 Å². The zero-order chi connectivity index (χ0) is 27.5. The Balaban J connectivity index is 1.28. The van der Waals surface area contributed by atoms with Crippen molar-refractivity contribution in [2.24, 2.45) is 0 Å². The standard InChI is InChI=1S/C28H32N6O4S/c1-17(18-8-10-20(11-9-18)34-14-5-13-30-34)31-26(37)24(35)25(36)27(38)33-15-12-19-6-3-4-7-21(19)23(33)22-16-39-28(29-2)32-22/h3-11,14,16-17,23-25,30,35-36H,12-13,15H2,1-2H3,(H,29,32)(H,31,37)/t17-,23-,24-,25-/m1/s1. The summed E-state index contributed by atoms with van der Waals surface area (Å²) in [6, 6.07) is 14.4. The van der Waals surface area contributed by atoms with E-state index in [1.165, 1.54) is 16.2 Å². The summed E-state index contributed by atoms with van der Waals surface area (Å²) in [6.07, 6.45) is 0.675. The van der Waals surface area contributed by atoms with E-state index in [2.05, 4.69) is 21.0 Å². The van der Waals surface area contributed by atoms with Gasteiger partial charge < -0.3 is 25.7 Å². The predicted molar refractivity (Wildman–Crippen MR) is 150 cm³/mol. The van der Waals surface area contributed by atoms with Gasteiger partial charge in [0.25, 0.3) is 11.8 Å². The monoisotopic (exact) mass is 548 g/mol. The van der Waals surface area contributed by atoms with Gasteiger partial charge in [-0.05, 0) is 42.2 Å². The number of rotatable bonds is 8. The average molecular weight is 549 g/mol. The summed E-state index contributed by atoms with van der Waals surface area (Å²) in [6.45, 7) is 2.86. The lowest BCUT2D eigenvalue weighted by Gasteiger charge is -2.38. The molecule has 10 nitrogen and oxygen atoms in total. The molecule has 0 radical (unpaired) electrons. The number of anilines is 2. The maximum atomic E-state index is 13.5. The summed E-state index contributed by atoms with van der Waals surface area (Å²) in [5.41, 5.74) is 7.62. The van der Waals surface area contributed by atoms with Crippen LogP contribution in [-0.4, -0.2) is 64.3 Å². The number of benzene rings is 2. The van der Waals surface area contributed by atoms with Crippen LogP contribution < -0.4 is 21.1 Å². The molecule has 2 amide bonds. The molecule has 2 aliphatic rings. The number of aliphatic hydroxyl groups is 2. The second-order valence-corrected chi connectivity index (χ2v) is 10.4. The third kappa shape index (κ3) is 5.52. The highest BCUT2D eigenvalue weighted by Crippen LogP contribution is 2.37. The highest BCUT2D eigenvalue weighted by molar-refractivity contribution is 7.13. The van der Waals surface area contributed by atoms with Crippen molar-refractivity contribution < 1.29 is 19.8 Å². The van der Waals surface area contributed by atoms with Gasteiger partial charge in [-0.3, -0.25) is 14.6 Å². The molecule has 0 saturated heterocycles. The highest BCUT2D eigenvalue weighted by atomic mass is 32.1. The fourth-order valence-electron chi connectivity index (χ4n) is 4.94. The first kappa shape index (κ1) is 26.8. The fourth-order valence-corrected chi connectivity index (χ4v) is 5.63. The topological polar surface area (TPSA) is 130 Å². The van der Waals surface area contributed by atoms with Crippen molar-refractivity contribution in [3.8, 4) is 0 Å². The smallest absolute Gasteiger partial charge is 0.255 e. The number of amides is 2. The normalized spacial score (nSPS) is 18.8. The first-order chi connectivity index (χ1) is 18.9. The van der Waals surface area contributed by atoms with E-state index in [0.29, 0.717) is 23.8 Å². The molecule has 0 spiro atoms. The average Bonchev–Trinajstić information content (AvgIpc) is 3.68. The second kappa shape index (κ2) is 11.5. The van der Waals surface area contributed by atoms with Crippen LogP contribution in [0.3, 0.4) is 0 Å². The second-order valence-electron chi connectivity index (χ2n) is 9.54. The van der Waals surface area contributed by atoms with Gasteiger partial charge in [0.15, 0.2) is 17.3 Å². The molecule has 5 N–H and O–H groups in total. The van der Waals surface area contributed by atoms with Crippen molar-refractivity contribution >= 4 is 34.0 Å². The van der Waals surface area contributed by atoms with Gasteiger partial charge >= 0.3 is 0 Å². The number of aromatic nitrogens is 1. The van der Waals surface area contributed by atoms with Crippen LogP contribution >= 0.6 is 11.3 Å². The molecule has 1 aromatic heterocycles. The Bertz CT molecular complexity index is 1360. The Kier molecular flexibility index (Phi) is 7.94. The quantitative estimate of drug-likeness (QED) is 0.289. The number of nitrogens with one attached hydrogen (secondary N) is 3. The lowest BCUT2D eigenvalue weighted by molar-refractivity contribution is -0.155. The molecule has 39 heavy (non-hydrogen) atoms. The lowest BCUT2D eigenvalue weighted by Crippen LogP contribution is -2.53. The molecule has 4 atom stereocenters. The van der Waals surface area contributed by atoms with Gasteiger partial charge in [-0.25, -0.2) is 10.4 Å². The SMILES string of the molecule is CNc1nc([C@H]2c3ccccc3CCN2C(=O)[C@H](O)[C@@H](O)C(=O)N[C@H](C)c2ccc(N3C=CCN3)cc2)cs1. The van der Waals surface area contributed by atoms with Gasteiger partial charge in [-0.1, -0.05) is 42.5 Å². The van der Waals surface area contributed by atoms with Crippen molar-refractivity contribution in [2.45, 2.75) is 37.6 Å². The molecule has 204 valence electrons. The largest absolute Gasteiger partial charge is 0.380 e. The number of fused-ring (bicyclic) bond motifs is 1.